The van der Waals surface area contributed by atoms with E-state index in [4.69, 9.17) is 17.3 Å². The molecule has 2 rings (SSSR count). The third kappa shape index (κ3) is 3.53. The number of carbonyl (C=O) groups is 2. The summed E-state index contributed by atoms with van der Waals surface area (Å²) in [7, 11) is 0. The number of aryl methyl sites for hydroxylation is 1. The van der Waals surface area contributed by atoms with Gasteiger partial charge in [-0.25, -0.2) is 8.78 Å². The molecule has 3 N–H and O–H groups in total. The number of alkyl halides is 2. The minimum atomic E-state index is -2.84. The van der Waals surface area contributed by atoms with E-state index < -0.39 is 23.9 Å². The summed E-state index contributed by atoms with van der Waals surface area (Å²) in [4.78, 5) is 23.4. The summed E-state index contributed by atoms with van der Waals surface area (Å²) in [6, 6.07) is 0. The van der Waals surface area contributed by atoms with E-state index in [0.29, 0.717) is 6.54 Å². The third-order valence-corrected chi connectivity index (χ3v) is 3.72. The van der Waals surface area contributed by atoms with Crippen molar-refractivity contribution in [3.05, 3.63) is 28.3 Å². The highest BCUT2D eigenvalue weighted by molar-refractivity contribution is 6.31. The van der Waals surface area contributed by atoms with Crippen molar-refractivity contribution in [2.75, 3.05) is 5.32 Å². The lowest BCUT2D eigenvalue weighted by Gasteiger charge is -2.06. The monoisotopic (exact) mass is 360 g/mol. The number of halogens is 3. The van der Waals surface area contributed by atoms with Gasteiger partial charge >= 0.3 is 0 Å². The molecule has 11 heteroatoms. The summed E-state index contributed by atoms with van der Waals surface area (Å²) in [5, 5.41) is 9.84. The Morgan fingerprint density at radius 2 is 2.08 bits per heavy atom. The summed E-state index contributed by atoms with van der Waals surface area (Å²) < 4.78 is 28.0. The topological polar surface area (TPSA) is 108 Å². The predicted molar refractivity (Wildman–Crippen MR) is 82.0 cm³/mol. The molecular formula is C13H15ClF2N6O2. The van der Waals surface area contributed by atoms with Crippen LogP contribution >= 0.6 is 11.6 Å². The van der Waals surface area contributed by atoms with Gasteiger partial charge in [0.05, 0.1) is 16.4 Å². The first kappa shape index (κ1) is 17.9. The maximum atomic E-state index is 12.8. The fourth-order valence-corrected chi connectivity index (χ4v) is 2.24. The summed E-state index contributed by atoms with van der Waals surface area (Å²) in [6.07, 6.45) is -1.39. The van der Waals surface area contributed by atoms with Crippen molar-refractivity contribution < 1.29 is 18.4 Å². The first-order chi connectivity index (χ1) is 11.2. The van der Waals surface area contributed by atoms with Crippen LogP contribution in [0.1, 0.15) is 35.2 Å². The van der Waals surface area contributed by atoms with E-state index in [1.54, 1.807) is 6.92 Å². The van der Waals surface area contributed by atoms with Gasteiger partial charge in [0.15, 0.2) is 5.69 Å². The van der Waals surface area contributed by atoms with Crippen LogP contribution in [0.4, 0.5) is 14.5 Å². The molecule has 0 aliphatic rings. The molecule has 0 aliphatic carbocycles. The van der Waals surface area contributed by atoms with E-state index >= 15 is 0 Å². The summed E-state index contributed by atoms with van der Waals surface area (Å²) in [6.45, 7) is 3.39. The van der Waals surface area contributed by atoms with E-state index in [0.717, 1.165) is 4.68 Å². The molecular weight excluding hydrogens is 346 g/mol. The number of hydrogen-bond acceptors (Lipinski definition) is 4. The van der Waals surface area contributed by atoms with Gasteiger partial charge in [-0.05, 0) is 13.8 Å². The smallest absolute Gasteiger partial charge is 0.283 e. The number of carbonyl (C=O) groups excluding carboxylic acids is 2. The van der Waals surface area contributed by atoms with Gasteiger partial charge in [0.2, 0.25) is 5.91 Å². The van der Waals surface area contributed by atoms with E-state index in [9.17, 15) is 18.4 Å². The fourth-order valence-electron chi connectivity index (χ4n) is 2.02. The highest BCUT2D eigenvalue weighted by Gasteiger charge is 2.22. The predicted octanol–water partition coefficient (Wildman–Crippen LogP) is 1.74. The van der Waals surface area contributed by atoms with Crippen LogP contribution in [0.25, 0.3) is 0 Å². The van der Waals surface area contributed by atoms with Crippen LogP contribution in [0.5, 0.6) is 0 Å². The number of rotatable bonds is 6. The van der Waals surface area contributed by atoms with Gasteiger partial charge < -0.3 is 11.1 Å². The zero-order valence-corrected chi connectivity index (χ0v) is 13.6. The third-order valence-electron chi connectivity index (χ3n) is 3.25. The quantitative estimate of drug-likeness (QED) is 0.817. The fraction of sp³-hybridized carbons (Fsp3) is 0.385. The number of nitrogens with two attached hydrogens (primary N) is 1. The normalized spacial score (nSPS) is 11.1. The summed E-state index contributed by atoms with van der Waals surface area (Å²) in [5.41, 5.74) is 4.91. The Hall–Kier alpha value is -2.49. The average Bonchev–Trinajstić information content (AvgIpc) is 3.03. The second-order valence-corrected chi connectivity index (χ2v) is 5.28. The number of aromatic nitrogens is 4. The highest BCUT2D eigenvalue weighted by atomic mass is 35.5. The molecule has 0 saturated heterocycles. The molecule has 0 saturated carbocycles. The van der Waals surface area contributed by atoms with Crippen LogP contribution in [-0.2, 0) is 17.9 Å². The zero-order valence-electron chi connectivity index (χ0n) is 12.9. The van der Waals surface area contributed by atoms with Crippen molar-refractivity contribution in [1.82, 2.24) is 19.6 Å². The van der Waals surface area contributed by atoms with Crippen molar-refractivity contribution in [2.24, 2.45) is 5.73 Å². The molecule has 0 unspecified atom stereocenters. The molecule has 8 nitrogen and oxygen atoms in total. The van der Waals surface area contributed by atoms with E-state index in [2.05, 4.69) is 15.5 Å². The molecule has 0 aliphatic heterocycles. The number of hydrogen-bond donors (Lipinski definition) is 2. The van der Waals surface area contributed by atoms with Gasteiger partial charge in [0.25, 0.3) is 12.3 Å². The first-order valence-electron chi connectivity index (χ1n) is 6.92. The van der Waals surface area contributed by atoms with Crippen molar-refractivity contribution in [3.8, 4) is 0 Å². The molecule has 2 amide bonds. The zero-order chi connectivity index (χ0) is 18.0. The largest absolute Gasteiger partial charge is 0.364 e. The van der Waals surface area contributed by atoms with Crippen LogP contribution in [0.15, 0.2) is 6.20 Å². The number of nitrogens with one attached hydrogen (secondary N) is 1. The molecule has 0 fully saturated rings. The van der Waals surface area contributed by atoms with Crippen LogP contribution in [-0.4, -0.2) is 31.4 Å². The van der Waals surface area contributed by atoms with E-state index in [1.165, 1.54) is 17.8 Å². The molecule has 130 valence electrons. The Balaban J connectivity index is 2.19. The van der Waals surface area contributed by atoms with Crippen molar-refractivity contribution in [1.29, 1.82) is 0 Å². The van der Waals surface area contributed by atoms with Crippen LogP contribution < -0.4 is 11.1 Å². The van der Waals surface area contributed by atoms with Crippen molar-refractivity contribution >= 4 is 29.1 Å². The molecule has 2 aromatic rings. The number of primary amides is 1. The number of nitrogens with zero attached hydrogens (tertiary/aromatic N) is 4. The van der Waals surface area contributed by atoms with Gasteiger partial charge in [-0.1, -0.05) is 11.6 Å². The summed E-state index contributed by atoms with van der Waals surface area (Å²) in [5.74, 6) is -1.38. The molecule has 0 atom stereocenters. The Morgan fingerprint density at radius 1 is 1.42 bits per heavy atom. The average molecular weight is 361 g/mol. The molecule has 0 aromatic carbocycles. The highest BCUT2D eigenvalue weighted by Crippen LogP contribution is 2.28. The standard InChI is InChI=1S/C13H15ClF2N6O2/c1-3-21-4-7(10(19-21)13(17)24)18-8(23)5-22-6(2)9(14)11(20-22)12(15)16/h4,12H,3,5H2,1-2H3,(H2,17,24)(H,18,23). The van der Waals surface area contributed by atoms with Gasteiger partial charge in [-0.3, -0.25) is 19.0 Å². The molecule has 0 radical (unpaired) electrons. The van der Waals surface area contributed by atoms with E-state index in [1.807, 2.05) is 0 Å². The Morgan fingerprint density at radius 3 is 2.58 bits per heavy atom. The molecule has 0 spiro atoms. The summed E-state index contributed by atoms with van der Waals surface area (Å²) >= 11 is 5.77. The second-order valence-electron chi connectivity index (χ2n) is 4.90. The lowest BCUT2D eigenvalue weighted by molar-refractivity contribution is -0.117. The number of amides is 2. The van der Waals surface area contributed by atoms with Gasteiger partial charge in [0.1, 0.15) is 12.2 Å². The lowest BCUT2D eigenvalue weighted by atomic mass is 10.3. The maximum absolute atomic E-state index is 12.8. The first-order valence-corrected chi connectivity index (χ1v) is 7.30. The molecule has 24 heavy (non-hydrogen) atoms. The van der Waals surface area contributed by atoms with Gasteiger partial charge in [0, 0.05) is 12.7 Å². The van der Waals surface area contributed by atoms with Crippen LogP contribution in [0, 0.1) is 6.92 Å². The van der Waals surface area contributed by atoms with Crippen LogP contribution in [0.3, 0.4) is 0 Å². The SMILES string of the molecule is CCn1cc(NC(=O)Cn2nc(C(F)F)c(Cl)c2C)c(C(N)=O)n1. The van der Waals surface area contributed by atoms with Gasteiger partial charge in [-0.2, -0.15) is 10.2 Å². The Bertz CT molecular complexity index is 786. The minimum Gasteiger partial charge on any atom is -0.364 e. The van der Waals surface area contributed by atoms with Crippen molar-refractivity contribution in [3.63, 3.8) is 0 Å². The van der Waals surface area contributed by atoms with Crippen LogP contribution in [0.2, 0.25) is 5.02 Å². The second kappa shape index (κ2) is 6.95. The Kier molecular flexibility index (Phi) is 5.17. The molecule has 2 heterocycles. The minimum absolute atomic E-state index is 0.0892. The molecule has 0 bridgehead atoms. The van der Waals surface area contributed by atoms with E-state index in [-0.39, 0.29) is 28.6 Å². The number of anilines is 1. The van der Waals surface area contributed by atoms with Crippen molar-refractivity contribution in [2.45, 2.75) is 33.4 Å². The van der Waals surface area contributed by atoms with Gasteiger partial charge in [-0.15, -0.1) is 0 Å². The maximum Gasteiger partial charge on any atom is 0.283 e. The Labute approximate surface area is 140 Å². The molecule has 2 aromatic heterocycles. The lowest BCUT2D eigenvalue weighted by Crippen LogP contribution is -2.22.